The first-order valence-electron chi connectivity index (χ1n) is 4.65. The van der Waals surface area contributed by atoms with Gasteiger partial charge in [-0.2, -0.15) is 0 Å². The third kappa shape index (κ3) is 3.12. The molecule has 0 aromatic heterocycles. The van der Waals surface area contributed by atoms with Crippen LogP contribution in [0.3, 0.4) is 0 Å². The van der Waals surface area contributed by atoms with Crippen LogP contribution in [0.1, 0.15) is 6.92 Å². The maximum absolute atomic E-state index is 10.4. The van der Waals surface area contributed by atoms with Gasteiger partial charge in [-0.05, 0) is 12.1 Å². The summed E-state index contributed by atoms with van der Waals surface area (Å²) >= 11 is 0. The number of ether oxygens (including phenoxy) is 1. The van der Waals surface area contributed by atoms with Crippen LogP contribution in [0.15, 0.2) is 24.3 Å². The molecule has 0 aliphatic rings. The van der Waals surface area contributed by atoms with Gasteiger partial charge in [0.1, 0.15) is 5.75 Å². The number of benzene rings is 1. The van der Waals surface area contributed by atoms with Gasteiger partial charge < -0.3 is 10.1 Å². The molecule has 1 rings (SSSR count). The fourth-order valence-corrected chi connectivity index (χ4v) is 1.12. The van der Waals surface area contributed by atoms with Gasteiger partial charge in [0.25, 0.3) is 0 Å². The molecule has 0 aliphatic heterocycles. The second-order valence-electron chi connectivity index (χ2n) is 3.22. The molecule has 1 aromatic carbocycles. The lowest BCUT2D eigenvalue weighted by molar-refractivity contribution is -0.514. The predicted molar refractivity (Wildman–Crippen MR) is 57.9 cm³/mol. The summed E-state index contributed by atoms with van der Waals surface area (Å²) in [6.45, 7) is 1.84. The van der Waals surface area contributed by atoms with Crippen molar-refractivity contribution in [3.8, 4) is 5.75 Å². The number of nitrogens with zero attached hydrogens (tertiary/aromatic N) is 1. The van der Waals surface area contributed by atoms with Gasteiger partial charge in [-0.15, -0.1) is 0 Å². The molecule has 1 N–H and O–H groups in total. The number of nitrogens with one attached hydrogen (secondary N) is 1. The minimum atomic E-state index is -0.616. The summed E-state index contributed by atoms with van der Waals surface area (Å²) in [6, 6.07) is 6.71. The zero-order chi connectivity index (χ0) is 11.3. The fourth-order valence-electron chi connectivity index (χ4n) is 1.12. The molecule has 0 aliphatic carbocycles. The summed E-state index contributed by atoms with van der Waals surface area (Å²) in [5, 5.41) is 13.4. The van der Waals surface area contributed by atoms with Crippen LogP contribution in [-0.2, 0) is 0 Å². The first kappa shape index (κ1) is 11.3. The third-order valence-electron chi connectivity index (χ3n) is 2.05. The Hall–Kier alpha value is -1.78. The van der Waals surface area contributed by atoms with E-state index in [2.05, 4.69) is 5.32 Å². The Labute approximate surface area is 88.2 Å². The van der Waals surface area contributed by atoms with Crippen molar-refractivity contribution < 1.29 is 9.66 Å². The second-order valence-corrected chi connectivity index (χ2v) is 3.22. The SMILES string of the molecule is COc1ccccc1NCC(C)[N+](=O)[O-]. The van der Waals surface area contributed by atoms with Crippen molar-refractivity contribution in [1.29, 1.82) is 0 Å². The van der Waals surface area contributed by atoms with Crippen LogP contribution in [0.2, 0.25) is 0 Å². The lowest BCUT2D eigenvalue weighted by atomic mass is 10.2. The maximum Gasteiger partial charge on any atom is 0.227 e. The predicted octanol–water partition coefficient (Wildman–Crippen LogP) is 1.77. The Balaban J connectivity index is 2.60. The van der Waals surface area contributed by atoms with Crippen molar-refractivity contribution in [1.82, 2.24) is 0 Å². The van der Waals surface area contributed by atoms with Crippen LogP contribution in [-0.4, -0.2) is 24.6 Å². The van der Waals surface area contributed by atoms with Crippen LogP contribution in [0.25, 0.3) is 0 Å². The number of hydrogen-bond donors (Lipinski definition) is 1. The molecule has 0 saturated carbocycles. The summed E-state index contributed by atoms with van der Waals surface area (Å²) in [7, 11) is 1.57. The average Bonchev–Trinajstić information content (AvgIpc) is 2.26. The van der Waals surface area contributed by atoms with Gasteiger partial charge in [0.05, 0.1) is 19.3 Å². The summed E-state index contributed by atoms with van der Waals surface area (Å²) in [5.41, 5.74) is 0.772. The lowest BCUT2D eigenvalue weighted by Crippen LogP contribution is -2.24. The maximum atomic E-state index is 10.4. The van der Waals surface area contributed by atoms with Crippen LogP contribution in [0.5, 0.6) is 5.75 Å². The molecule has 0 spiro atoms. The van der Waals surface area contributed by atoms with Gasteiger partial charge in [0, 0.05) is 11.8 Å². The molecule has 1 atom stereocenters. The first-order chi connectivity index (χ1) is 7.15. The molecular weight excluding hydrogens is 196 g/mol. The number of anilines is 1. The molecule has 5 nitrogen and oxygen atoms in total. The van der Waals surface area contributed by atoms with Gasteiger partial charge in [0.15, 0.2) is 0 Å². The van der Waals surface area contributed by atoms with E-state index in [1.54, 1.807) is 20.1 Å². The highest BCUT2D eigenvalue weighted by molar-refractivity contribution is 5.56. The van der Waals surface area contributed by atoms with Crippen molar-refractivity contribution in [3.05, 3.63) is 34.4 Å². The van der Waals surface area contributed by atoms with E-state index in [9.17, 15) is 10.1 Å². The second kappa shape index (κ2) is 5.19. The Morgan fingerprint density at radius 2 is 2.20 bits per heavy atom. The molecule has 0 heterocycles. The van der Waals surface area contributed by atoms with E-state index in [0.717, 1.165) is 5.69 Å². The molecule has 82 valence electrons. The Morgan fingerprint density at radius 1 is 1.53 bits per heavy atom. The van der Waals surface area contributed by atoms with Crippen molar-refractivity contribution in [2.24, 2.45) is 0 Å². The van der Waals surface area contributed by atoms with Gasteiger partial charge in [-0.25, -0.2) is 0 Å². The summed E-state index contributed by atoms with van der Waals surface area (Å²) in [6.07, 6.45) is 0. The highest BCUT2D eigenvalue weighted by atomic mass is 16.6. The Morgan fingerprint density at radius 3 is 2.80 bits per heavy atom. The van der Waals surface area contributed by atoms with E-state index in [0.29, 0.717) is 5.75 Å². The standard InChI is InChI=1S/C10H14N2O3/c1-8(12(13)14)7-11-9-5-3-4-6-10(9)15-2/h3-6,8,11H,7H2,1-2H3. The van der Waals surface area contributed by atoms with Crippen LogP contribution in [0, 0.1) is 10.1 Å². The molecule has 15 heavy (non-hydrogen) atoms. The van der Waals surface area contributed by atoms with Crippen LogP contribution < -0.4 is 10.1 Å². The molecule has 0 fully saturated rings. The monoisotopic (exact) mass is 210 g/mol. The number of hydrogen-bond acceptors (Lipinski definition) is 4. The molecule has 0 radical (unpaired) electrons. The van der Waals surface area contributed by atoms with E-state index in [-0.39, 0.29) is 11.5 Å². The fraction of sp³-hybridized carbons (Fsp3) is 0.400. The van der Waals surface area contributed by atoms with Gasteiger partial charge in [-0.3, -0.25) is 10.1 Å². The molecule has 5 heteroatoms. The molecule has 0 bridgehead atoms. The molecule has 0 saturated heterocycles. The van der Waals surface area contributed by atoms with E-state index in [1.165, 1.54) is 0 Å². The van der Waals surface area contributed by atoms with Gasteiger partial charge >= 0.3 is 0 Å². The zero-order valence-corrected chi connectivity index (χ0v) is 8.77. The van der Waals surface area contributed by atoms with Crippen molar-refractivity contribution in [3.63, 3.8) is 0 Å². The smallest absolute Gasteiger partial charge is 0.227 e. The highest BCUT2D eigenvalue weighted by Crippen LogP contribution is 2.22. The van der Waals surface area contributed by atoms with Crippen LogP contribution in [0.4, 0.5) is 5.69 Å². The Kier molecular flexibility index (Phi) is 3.91. The minimum Gasteiger partial charge on any atom is -0.495 e. The lowest BCUT2D eigenvalue weighted by Gasteiger charge is -2.11. The molecular formula is C10H14N2O3. The van der Waals surface area contributed by atoms with E-state index in [1.807, 2.05) is 18.2 Å². The highest BCUT2D eigenvalue weighted by Gasteiger charge is 2.12. The Bertz CT molecular complexity index is 341. The summed E-state index contributed by atoms with van der Waals surface area (Å²) in [4.78, 5) is 10.1. The number of nitro groups is 1. The van der Waals surface area contributed by atoms with Gasteiger partial charge in [-0.1, -0.05) is 12.1 Å². The average molecular weight is 210 g/mol. The number of rotatable bonds is 5. The van der Waals surface area contributed by atoms with E-state index >= 15 is 0 Å². The number of methoxy groups -OCH3 is 1. The van der Waals surface area contributed by atoms with Crippen molar-refractivity contribution in [2.75, 3.05) is 19.0 Å². The topological polar surface area (TPSA) is 64.4 Å². The van der Waals surface area contributed by atoms with E-state index in [4.69, 9.17) is 4.74 Å². The third-order valence-corrected chi connectivity index (χ3v) is 2.05. The minimum absolute atomic E-state index is 0.285. The zero-order valence-electron chi connectivity index (χ0n) is 8.77. The quantitative estimate of drug-likeness (QED) is 0.594. The largest absolute Gasteiger partial charge is 0.495 e. The molecule has 0 amide bonds. The first-order valence-corrected chi connectivity index (χ1v) is 4.65. The number of para-hydroxylation sites is 2. The molecule has 1 aromatic rings. The van der Waals surface area contributed by atoms with E-state index < -0.39 is 6.04 Å². The molecule has 1 unspecified atom stereocenters. The van der Waals surface area contributed by atoms with Crippen molar-refractivity contribution >= 4 is 5.69 Å². The van der Waals surface area contributed by atoms with Crippen molar-refractivity contribution in [2.45, 2.75) is 13.0 Å². The van der Waals surface area contributed by atoms with Crippen LogP contribution >= 0.6 is 0 Å². The van der Waals surface area contributed by atoms with Gasteiger partial charge in [0.2, 0.25) is 6.04 Å². The summed E-state index contributed by atoms with van der Waals surface area (Å²) < 4.78 is 5.11. The summed E-state index contributed by atoms with van der Waals surface area (Å²) in [5.74, 6) is 0.688. The normalized spacial score (nSPS) is 11.9.